The van der Waals surface area contributed by atoms with E-state index in [2.05, 4.69) is 0 Å². The normalized spacial score (nSPS) is 14.6. The molecule has 3 aromatic heterocycles. The highest BCUT2D eigenvalue weighted by Crippen LogP contribution is 2.59. The molecular weight excluding hydrogens is 1040 g/mol. The molecule has 1 aliphatic rings. The SMILES string of the molecule is FC(F)(F)c1cccc(-c2c(C3CCc4c(ccc5sc6ccccc6c45)-c4ccccc43)c(-c3cccc(C(F)(F)F)c3)c(C(F)(F)F)c(-n3c4ccccc4c4ccc5sc6ccccc6c5c43)c2C(F)(F)F)c1. The number of halogens is 12. The number of alkyl halides is 12. The molecule has 0 N–H and O–H groups in total. The lowest BCUT2D eigenvalue weighted by atomic mass is 9.73. The number of nitrogens with zero attached hydrogens (tertiary/aromatic N) is 1. The summed E-state index contributed by atoms with van der Waals surface area (Å²) in [6, 6.07) is 40.0. The standard InChI is InChI=1S/C61H33F12NS2/c62-58(63,64)33-13-9-11-31(29-33)49-53(40-24-23-39-37(35-15-1-2-16-36(35)40)25-27-47-51(39)42-18-4-7-21-45(42)75-47)50(32-12-10-14-34(30-32)59(65,66)67)55(61(71,72)73)57(54(49)60(68,69)70)74-44-20-6-3-17-38(44)41-26-28-48-52(56(41)74)43-19-5-8-22-46(43)76-48/h1-22,25-30,40H,23-24H2. The molecule has 0 amide bonds. The van der Waals surface area contributed by atoms with Gasteiger partial charge in [-0.2, -0.15) is 52.7 Å². The molecule has 0 bridgehead atoms. The predicted octanol–water partition coefficient (Wildman–Crippen LogP) is 20.7. The average Bonchev–Trinajstić information content (AvgIpc) is 4.05. The van der Waals surface area contributed by atoms with Crippen molar-refractivity contribution in [1.29, 1.82) is 0 Å². The fourth-order valence-corrected chi connectivity index (χ4v) is 14.1. The molecule has 1 aliphatic carbocycles. The Labute approximate surface area is 431 Å². The van der Waals surface area contributed by atoms with Crippen molar-refractivity contribution in [2.24, 2.45) is 0 Å². The maximum atomic E-state index is 17.4. The Morgan fingerprint density at radius 3 is 1.53 bits per heavy atom. The van der Waals surface area contributed by atoms with Crippen molar-refractivity contribution in [2.75, 3.05) is 0 Å². The summed E-state index contributed by atoms with van der Waals surface area (Å²) >= 11 is 2.76. The van der Waals surface area contributed by atoms with E-state index in [1.54, 1.807) is 72.8 Å². The van der Waals surface area contributed by atoms with Crippen LogP contribution in [0.5, 0.6) is 0 Å². The van der Waals surface area contributed by atoms with Gasteiger partial charge in [-0.05, 0) is 106 Å². The molecular formula is C61H33F12NS2. The van der Waals surface area contributed by atoms with Gasteiger partial charge in [0, 0.05) is 68.2 Å². The minimum absolute atomic E-state index is 0.0390. The number of thiophene rings is 2. The highest BCUT2D eigenvalue weighted by Gasteiger charge is 2.50. The zero-order valence-corrected chi connectivity index (χ0v) is 40.6. The van der Waals surface area contributed by atoms with Crippen LogP contribution in [0.1, 0.15) is 51.3 Å². The lowest BCUT2D eigenvalue weighted by Crippen LogP contribution is -2.24. The summed E-state index contributed by atoms with van der Waals surface area (Å²) in [7, 11) is 0. The molecule has 15 heteroatoms. The molecule has 76 heavy (non-hydrogen) atoms. The number of benzene rings is 9. The van der Waals surface area contributed by atoms with Crippen LogP contribution in [-0.4, -0.2) is 4.57 Å². The molecule has 0 saturated heterocycles. The van der Waals surface area contributed by atoms with Crippen molar-refractivity contribution >= 4 is 84.8 Å². The highest BCUT2D eigenvalue weighted by molar-refractivity contribution is 7.26. The smallest absolute Gasteiger partial charge is 0.307 e. The van der Waals surface area contributed by atoms with Gasteiger partial charge in [-0.15, -0.1) is 22.7 Å². The summed E-state index contributed by atoms with van der Waals surface area (Å²) in [5.74, 6) is -1.51. The Hall–Kier alpha value is -7.62. The van der Waals surface area contributed by atoms with Crippen LogP contribution >= 0.6 is 22.7 Å². The molecule has 0 radical (unpaired) electrons. The third kappa shape index (κ3) is 7.43. The van der Waals surface area contributed by atoms with Crippen molar-refractivity contribution in [2.45, 2.75) is 43.5 Å². The number of fused-ring (bicyclic) bond motifs is 14. The zero-order chi connectivity index (χ0) is 52.8. The largest absolute Gasteiger partial charge is 0.419 e. The van der Waals surface area contributed by atoms with Gasteiger partial charge in [0.2, 0.25) is 0 Å². The number of rotatable bonds is 4. The van der Waals surface area contributed by atoms with E-state index in [0.717, 1.165) is 54.6 Å². The number of para-hydroxylation sites is 1. The summed E-state index contributed by atoms with van der Waals surface area (Å²) in [6.07, 6.45) is -22.1. The van der Waals surface area contributed by atoms with E-state index < -0.39 is 86.4 Å². The number of hydrogen-bond acceptors (Lipinski definition) is 2. The number of aromatic nitrogens is 1. The second-order valence-corrected chi connectivity index (χ2v) is 21.1. The molecule has 1 atom stereocenters. The fourth-order valence-electron chi connectivity index (χ4n) is 11.9. The summed E-state index contributed by atoms with van der Waals surface area (Å²) in [5.41, 5.74) is -10.5. The van der Waals surface area contributed by atoms with Crippen molar-refractivity contribution in [3.05, 3.63) is 209 Å². The molecule has 0 fully saturated rings. The molecule has 378 valence electrons. The van der Waals surface area contributed by atoms with Gasteiger partial charge in [-0.1, -0.05) is 115 Å². The lowest BCUT2D eigenvalue weighted by Gasteiger charge is -2.33. The first-order valence-electron chi connectivity index (χ1n) is 23.9. The van der Waals surface area contributed by atoms with E-state index in [0.29, 0.717) is 55.6 Å². The van der Waals surface area contributed by atoms with Crippen LogP contribution in [0.2, 0.25) is 0 Å². The monoisotopic (exact) mass is 1070 g/mol. The average molecular weight is 1070 g/mol. The highest BCUT2D eigenvalue weighted by atomic mass is 32.1. The van der Waals surface area contributed by atoms with Crippen LogP contribution in [0, 0.1) is 0 Å². The van der Waals surface area contributed by atoms with Gasteiger partial charge in [0.25, 0.3) is 0 Å². The van der Waals surface area contributed by atoms with E-state index in [9.17, 15) is 0 Å². The first-order chi connectivity index (χ1) is 36.3. The van der Waals surface area contributed by atoms with Gasteiger partial charge in [0.05, 0.1) is 39.0 Å². The molecule has 12 aromatic rings. The van der Waals surface area contributed by atoms with E-state index in [1.165, 1.54) is 34.8 Å². The van der Waals surface area contributed by atoms with Crippen LogP contribution < -0.4 is 0 Å². The topological polar surface area (TPSA) is 4.93 Å². The van der Waals surface area contributed by atoms with Crippen molar-refractivity contribution in [3.63, 3.8) is 0 Å². The summed E-state index contributed by atoms with van der Waals surface area (Å²) in [6.45, 7) is 0. The van der Waals surface area contributed by atoms with E-state index in [1.807, 2.05) is 36.4 Å². The molecule has 0 aliphatic heterocycles. The molecule has 13 rings (SSSR count). The zero-order valence-electron chi connectivity index (χ0n) is 39.0. The minimum Gasteiger partial charge on any atom is -0.307 e. The van der Waals surface area contributed by atoms with Gasteiger partial charge in [0.1, 0.15) is 0 Å². The summed E-state index contributed by atoms with van der Waals surface area (Å²) in [5, 5.41) is 3.03. The fraction of sp³-hybridized carbons (Fsp3) is 0.115. The predicted molar refractivity (Wildman–Crippen MR) is 279 cm³/mol. The Morgan fingerprint density at radius 2 is 0.934 bits per heavy atom. The summed E-state index contributed by atoms with van der Waals surface area (Å²) < 4.78 is 199. The third-order valence-electron chi connectivity index (χ3n) is 14.7. The first-order valence-corrected chi connectivity index (χ1v) is 25.5. The van der Waals surface area contributed by atoms with E-state index in [4.69, 9.17) is 0 Å². The maximum Gasteiger partial charge on any atom is 0.419 e. The van der Waals surface area contributed by atoms with Gasteiger partial charge >= 0.3 is 24.7 Å². The van der Waals surface area contributed by atoms with Gasteiger partial charge < -0.3 is 4.57 Å². The van der Waals surface area contributed by atoms with Crippen molar-refractivity contribution in [3.8, 4) is 39.1 Å². The quantitative estimate of drug-likeness (QED) is 0.155. The minimum atomic E-state index is -5.79. The van der Waals surface area contributed by atoms with E-state index >= 15 is 52.7 Å². The second-order valence-electron chi connectivity index (χ2n) is 18.9. The maximum absolute atomic E-state index is 17.4. The number of hydrogen-bond donors (Lipinski definition) is 0. The van der Waals surface area contributed by atoms with Crippen LogP contribution in [-0.2, 0) is 31.1 Å². The molecule has 9 aromatic carbocycles. The Bertz CT molecular complexity index is 4280. The molecule has 0 saturated carbocycles. The van der Waals surface area contributed by atoms with Crippen LogP contribution in [0.3, 0.4) is 0 Å². The molecule has 1 nitrogen and oxygen atoms in total. The van der Waals surface area contributed by atoms with Gasteiger partial charge in [-0.3, -0.25) is 0 Å². The second kappa shape index (κ2) is 16.9. The van der Waals surface area contributed by atoms with Crippen LogP contribution in [0.25, 0.3) is 101 Å². The third-order valence-corrected chi connectivity index (χ3v) is 17.0. The van der Waals surface area contributed by atoms with Crippen LogP contribution in [0.15, 0.2) is 170 Å². The van der Waals surface area contributed by atoms with Crippen LogP contribution in [0.4, 0.5) is 52.7 Å². The Morgan fingerprint density at radius 1 is 0.421 bits per heavy atom. The number of aryl methyl sites for hydroxylation is 1. The molecule has 3 heterocycles. The molecule has 1 unspecified atom stereocenters. The van der Waals surface area contributed by atoms with E-state index in [-0.39, 0.29) is 40.2 Å². The Balaban J connectivity index is 1.29. The van der Waals surface area contributed by atoms with Crippen molar-refractivity contribution in [1.82, 2.24) is 4.57 Å². The Kier molecular flexibility index (Phi) is 10.7. The molecule has 0 spiro atoms. The van der Waals surface area contributed by atoms with Crippen molar-refractivity contribution < 1.29 is 52.7 Å². The van der Waals surface area contributed by atoms with Gasteiger partial charge in [0.15, 0.2) is 0 Å². The lowest BCUT2D eigenvalue weighted by molar-refractivity contribution is -0.142. The summed E-state index contributed by atoms with van der Waals surface area (Å²) in [4.78, 5) is 0. The van der Waals surface area contributed by atoms with Gasteiger partial charge in [-0.25, -0.2) is 0 Å². The first kappa shape index (κ1) is 48.1.